The van der Waals surface area contributed by atoms with Crippen molar-refractivity contribution in [3.63, 3.8) is 0 Å². The smallest absolute Gasteiger partial charge is 0.269 e. The number of nitrogens with two attached hydrogens (primary N) is 1. The normalized spacial score (nSPS) is 10.8. The van der Waals surface area contributed by atoms with Crippen LogP contribution in [0.3, 0.4) is 0 Å². The Morgan fingerprint density at radius 2 is 1.61 bits per heavy atom. The average Bonchev–Trinajstić information content (AvgIpc) is 3.35. The number of aryl methyl sites for hydroxylation is 1. The van der Waals surface area contributed by atoms with Crippen LogP contribution in [-0.2, 0) is 0 Å². The molecule has 4 aromatic rings. The van der Waals surface area contributed by atoms with E-state index in [9.17, 15) is 14.0 Å². The first-order chi connectivity index (χ1) is 14.8. The topological polar surface area (TPSA) is 94.9 Å². The largest absolute Gasteiger partial charge is 0.364 e. The van der Waals surface area contributed by atoms with Crippen LogP contribution in [0, 0.1) is 19.7 Å². The third kappa shape index (κ3) is 3.95. The van der Waals surface area contributed by atoms with Crippen LogP contribution < -0.4 is 11.1 Å². The summed E-state index contributed by atoms with van der Waals surface area (Å²) < 4.78 is 16.7. The maximum absolute atomic E-state index is 13.3. The van der Waals surface area contributed by atoms with Gasteiger partial charge in [0, 0.05) is 29.0 Å². The van der Waals surface area contributed by atoms with E-state index in [0.29, 0.717) is 11.3 Å². The van der Waals surface area contributed by atoms with Crippen molar-refractivity contribution in [1.82, 2.24) is 14.3 Å². The molecule has 7 nitrogen and oxygen atoms in total. The Morgan fingerprint density at radius 3 is 2.23 bits per heavy atom. The van der Waals surface area contributed by atoms with Gasteiger partial charge in [-0.25, -0.2) is 9.07 Å². The summed E-state index contributed by atoms with van der Waals surface area (Å²) >= 11 is 0. The summed E-state index contributed by atoms with van der Waals surface area (Å²) in [6.07, 6.45) is 1.64. The maximum atomic E-state index is 13.3. The molecule has 2 amide bonds. The molecule has 156 valence electrons. The highest BCUT2D eigenvalue weighted by molar-refractivity contribution is 6.05. The van der Waals surface area contributed by atoms with Gasteiger partial charge < -0.3 is 15.6 Å². The first-order valence-corrected chi connectivity index (χ1v) is 9.55. The van der Waals surface area contributed by atoms with Crippen LogP contribution in [0.25, 0.3) is 11.4 Å². The van der Waals surface area contributed by atoms with E-state index in [0.717, 1.165) is 22.8 Å². The fourth-order valence-electron chi connectivity index (χ4n) is 3.48. The minimum absolute atomic E-state index is 0.175. The number of halogens is 1. The van der Waals surface area contributed by atoms with Crippen LogP contribution >= 0.6 is 0 Å². The molecule has 0 saturated carbocycles. The fourth-order valence-corrected chi connectivity index (χ4v) is 3.48. The minimum atomic E-state index is -0.596. The Hall–Kier alpha value is -4.20. The molecule has 0 bridgehead atoms. The molecule has 0 aliphatic rings. The van der Waals surface area contributed by atoms with E-state index in [1.54, 1.807) is 48.7 Å². The number of benzene rings is 2. The molecule has 0 aliphatic carbocycles. The lowest BCUT2D eigenvalue weighted by atomic mass is 10.2. The number of amides is 2. The summed E-state index contributed by atoms with van der Waals surface area (Å²) in [6, 6.07) is 16.5. The molecule has 3 N–H and O–H groups in total. The number of rotatable bonds is 5. The number of hydrogen-bond donors (Lipinski definition) is 2. The van der Waals surface area contributed by atoms with Crippen molar-refractivity contribution in [1.29, 1.82) is 0 Å². The molecule has 0 atom stereocenters. The summed E-state index contributed by atoms with van der Waals surface area (Å²) in [5, 5.41) is 6.99. The van der Waals surface area contributed by atoms with E-state index in [2.05, 4.69) is 10.4 Å². The lowest BCUT2D eigenvalue weighted by Crippen LogP contribution is -2.13. The second-order valence-electron chi connectivity index (χ2n) is 7.11. The Morgan fingerprint density at radius 1 is 0.968 bits per heavy atom. The zero-order valence-electron chi connectivity index (χ0n) is 17.0. The molecule has 0 aliphatic heterocycles. The van der Waals surface area contributed by atoms with Crippen LogP contribution in [-0.4, -0.2) is 26.2 Å². The van der Waals surface area contributed by atoms with E-state index < -0.39 is 5.91 Å². The molecule has 8 heteroatoms. The Labute approximate surface area is 177 Å². The highest BCUT2D eigenvalue weighted by Gasteiger charge is 2.17. The maximum Gasteiger partial charge on any atom is 0.269 e. The highest BCUT2D eigenvalue weighted by atomic mass is 19.1. The van der Waals surface area contributed by atoms with Gasteiger partial charge in [-0.15, -0.1) is 0 Å². The summed E-state index contributed by atoms with van der Waals surface area (Å²) in [7, 11) is 0. The summed E-state index contributed by atoms with van der Waals surface area (Å²) in [5.74, 6) is -1.15. The van der Waals surface area contributed by atoms with Gasteiger partial charge in [0.1, 0.15) is 11.5 Å². The second kappa shape index (κ2) is 7.91. The predicted molar refractivity (Wildman–Crippen MR) is 115 cm³/mol. The molecule has 2 heterocycles. The number of primary amides is 1. The molecule has 0 spiro atoms. The third-order valence-electron chi connectivity index (χ3n) is 4.99. The van der Waals surface area contributed by atoms with E-state index >= 15 is 0 Å². The molecule has 0 radical (unpaired) electrons. The van der Waals surface area contributed by atoms with Gasteiger partial charge in [-0.2, -0.15) is 5.10 Å². The van der Waals surface area contributed by atoms with Gasteiger partial charge in [0.15, 0.2) is 0 Å². The lowest BCUT2D eigenvalue weighted by molar-refractivity contribution is 0.0993. The van der Waals surface area contributed by atoms with Crippen LogP contribution in [0.2, 0.25) is 0 Å². The summed E-state index contributed by atoms with van der Waals surface area (Å²) in [4.78, 5) is 24.1. The molecule has 31 heavy (non-hydrogen) atoms. The number of hydrogen-bond acceptors (Lipinski definition) is 3. The molecule has 0 fully saturated rings. The second-order valence-corrected chi connectivity index (χ2v) is 7.11. The zero-order chi connectivity index (χ0) is 22.1. The number of carbonyl (C=O) groups excluding carboxylic acids is 2. The summed E-state index contributed by atoms with van der Waals surface area (Å²) in [5.41, 5.74) is 9.68. The molecule has 0 saturated heterocycles. The highest BCUT2D eigenvalue weighted by Crippen LogP contribution is 2.22. The van der Waals surface area contributed by atoms with Gasteiger partial charge in [-0.3, -0.25) is 9.59 Å². The molecule has 2 aromatic heterocycles. The molecule has 0 unspecified atom stereocenters. The SMILES string of the molecule is Cc1cc(C(=O)Nc2ccc(-n3ccc(C(N)=O)n3)cc2)c(C)n1-c1ccc(F)cc1. The quantitative estimate of drug-likeness (QED) is 0.517. The third-order valence-corrected chi connectivity index (χ3v) is 4.99. The van der Waals surface area contributed by atoms with Gasteiger partial charge in [-0.05, 0) is 74.5 Å². The Bertz CT molecular complexity index is 1270. The van der Waals surface area contributed by atoms with Crippen molar-refractivity contribution in [3.05, 3.63) is 95.3 Å². The predicted octanol–water partition coefficient (Wildman–Crippen LogP) is 3.77. The Kier molecular flexibility index (Phi) is 5.12. The van der Waals surface area contributed by atoms with E-state index in [1.165, 1.54) is 22.9 Å². The van der Waals surface area contributed by atoms with Crippen molar-refractivity contribution in [3.8, 4) is 11.4 Å². The first-order valence-electron chi connectivity index (χ1n) is 9.55. The molecular weight excluding hydrogens is 397 g/mol. The average molecular weight is 417 g/mol. The van der Waals surface area contributed by atoms with Crippen LogP contribution in [0.4, 0.5) is 10.1 Å². The monoisotopic (exact) mass is 417 g/mol. The van der Waals surface area contributed by atoms with Crippen molar-refractivity contribution in [2.75, 3.05) is 5.32 Å². The van der Waals surface area contributed by atoms with Gasteiger partial charge in [0.25, 0.3) is 11.8 Å². The number of anilines is 1. The van der Waals surface area contributed by atoms with Gasteiger partial charge in [0.05, 0.1) is 11.3 Å². The number of nitrogens with one attached hydrogen (secondary N) is 1. The van der Waals surface area contributed by atoms with Crippen molar-refractivity contribution in [2.45, 2.75) is 13.8 Å². The van der Waals surface area contributed by atoms with Gasteiger partial charge in [-0.1, -0.05) is 0 Å². The number of aromatic nitrogens is 3. The Balaban J connectivity index is 1.54. The molecule has 4 rings (SSSR count). The van der Waals surface area contributed by atoms with Gasteiger partial charge >= 0.3 is 0 Å². The minimum Gasteiger partial charge on any atom is -0.364 e. The fraction of sp³-hybridized carbons (Fsp3) is 0.0870. The standard InChI is InChI=1S/C23H20FN5O2/c1-14-13-20(15(2)29(14)19-7-3-16(24)4-8-19)23(31)26-17-5-9-18(10-6-17)28-12-11-21(27-28)22(25)30/h3-13H,1-2H3,(H2,25,30)(H,26,31). The van der Waals surface area contributed by atoms with Crippen LogP contribution in [0.15, 0.2) is 66.9 Å². The van der Waals surface area contributed by atoms with Crippen molar-refractivity contribution >= 4 is 17.5 Å². The van der Waals surface area contributed by atoms with E-state index in [1.807, 2.05) is 18.4 Å². The van der Waals surface area contributed by atoms with Crippen LogP contribution in [0.1, 0.15) is 32.2 Å². The zero-order valence-corrected chi connectivity index (χ0v) is 17.0. The van der Waals surface area contributed by atoms with E-state index in [4.69, 9.17) is 5.73 Å². The lowest BCUT2D eigenvalue weighted by Gasteiger charge is -2.10. The molecule has 2 aromatic carbocycles. The summed E-state index contributed by atoms with van der Waals surface area (Å²) in [6.45, 7) is 3.74. The number of carbonyl (C=O) groups is 2. The van der Waals surface area contributed by atoms with Crippen molar-refractivity contribution < 1.29 is 14.0 Å². The van der Waals surface area contributed by atoms with Gasteiger partial charge in [0.2, 0.25) is 0 Å². The molecular formula is C23H20FN5O2. The van der Waals surface area contributed by atoms with Crippen LogP contribution in [0.5, 0.6) is 0 Å². The van der Waals surface area contributed by atoms with Crippen molar-refractivity contribution in [2.24, 2.45) is 5.73 Å². The first kappa shape index (κ1) is 20.1. The number of nitrogens with zero attached hydrogens (tertiary/aromatic N) is 3. The van der Waals surface area contributed by atoms with E-state index in [-0.39, 0.29) is 17.4 Å².